The van der Waals surface area contributed by atoms with Crippen LogP contribution in [-0.4, -0.2) is 26.4 Å². The number of nitrogens with one attached hydrogen (secondary N) is 2. The van der Waals surface area contributed by atoms with Crippen molar-refractivity contribution in [2.24, 2.45) is 11.7 Å². The fourth-order valence-electron chi connectivity index (χ4n) is 3.06. The lowest BCUT2D eigenvalue weighted by Crippen LogP contribution is -2.32. The van der Waals surface area contributed by atoms with Gasteiger partial charge in [-0.25, -0.2) is 13.1 Å². The molecule has 4 N–H and O–H groups in total. The fraction of sp³-hybridized carbons (Fsp3) is 0.588. The fourth-order valence-corrected chi connectivity index (χ4v) is 4.55. The van der Waals surface area contributed by atoms with Crippen LogP contribution in [0.25, 0.3) is 0 Å². The number of rotatable bonds is 7. The van der Waals surface area contributed by atoms with Gasteiger partial charge in [0.25, 0.3) is 0 Å². The standard InChI is InChI=1S/C17H27N3O3S/c1-12(2)20-24(22,23)11-15-6-4-3-5-14(15)10-19-17(21)13-7-8-16(18)9-13/h3-6,12-13,16,20H,7-11,18H2,1-2H3,(H,19,21). The lowest BCUT2D eigenvalue weighted by atomic mass is 10.1. The van der Waals surface area contributed by atoms with Crippen molar-refractivity contribution in [2.45, 2.75) is 57.5 Å². The van der Waals surface area contributed by atoms with Gasteiger partial charge in [-0.3, -0.25) is 4.79 Å². The quantitative estimate of drug-likeness (QED) is 0.687. The Morgan fingerprint density at radius 1 is 1.25 bits per heavy atom. The second-order valence-electron chi connectivity index (χ2n) is 6.79. The Balaban J connectivity index is 2.00. The van der Waals surface area contributed by atoms with Gasteiger partial charge in [0.15, 0.2) is 0 Å². The van der Waals surface area contributed by atoms with Crippen LogP contribution in [0.1, 0.15) is 44.2 Å². The number of nitrogens with two attached hydrogens (primary N) is 1. The molecule has 7 heteroatoms. The molecule has 2 atom stereocenters. The van der Waals surface area contributed by atoms with Crippen molar-refractivity contribution >= 4 is 15.9 Å². The minimum Gasteiger partial charge on any atom is -0.352 e. The van der Waals surface area contributed by atoms with Crippen LogP contribution < -0.4 is 15.8 Å². The molecule has 24 heavy (non-hydrogen) atoms. The van der Waals surface area contributed by atoms with Crippen molar-refractivity contribution in [3.63, 3.8) is 0 Å². The predicted molar refractivity (Wildman–Crippen MR) is 94.5 cm³/mol. The average Bonchev–Trinajstić information content (AvgIpc) is 2.91. The first-order valence-electron chi connectivity index (χ1n) is 8.37. The van der Waals surface area contributed by atoms with Crippen LogP contribution in [0.2, 0.25) is 0 Å². The molecule has 1 fully saturated rings. The Kier molecular flexibility index (Phi) is 6.37. The smallest absolute Gasteiger partial charge is 0.223 e. The Hall–Kier alpha value is -1.44. The highest BCUT2D eigenvalue weighted by atomic mass is 32.2. The van der Waals surface area contributed by atoms with Crippen LogP contribution in [0.15, 0.2) is 24.3 Å². The summed E-state index contributed by atoms with van der Waals surface area (Å²) in [5.74, 6) is -0.120. The molecule has 0 bridgehead atoms. The van der Waals surface area contributed by atoms with Gasteiger partial charge in [0.1, 0.15) is 0 Å². The van der Waals surface area contributed by atoms with Crippen molar-refractivity contribution < 1.29 is 13.2 Å². The van der Waals surface area contributed by atoms with Crippen molar-refractivity contribution in [2.75, 3.05) is 0 Å². The maximum Gasteiger partial charge on any atom is 0.223 e. The third-order valence-electron chi connectivity index (χ3n) is 4.18. The third kappa shape index (κ3) is 5.58. The van der Waals surface area contributed by atoms with E-state index < -0.39 is 10.0 Å². The summed E-state index contributed by atoms with van der Waals surface area (Å²) >= 11 is 0. The largest absolute Gasteiger partial charge is 0.352 e. The number of carbonyl (C=O) groups excluding carboxylic acids is 1. The highest BCUT2D eigenvalue weighted by Gasteiger charge is 2.27. The molecular weight excluding hydrogens is 326 g/mol. The average molecular weight is 353 g/mol. The molecule has 0 saturated heterocycles. The van der Waals surface area contributed by atoms with E-state index in [9.17, 15) is 13.2 Å². The summed E-state index contributed by atoms with van der Waals surface area (Å²) in [7, 11) is -3.40. The number of hydrogen-bond acceptors (Lipinski definition) is 4. The van der Waals surface area contributed by atoms with E-state index in [4.69, 9.17) is 5.73 Å². The minimum atomic E-state index is -3.40. The van der Waals surface area contributed by atoms with Gasteiger partial charge < -0.3 is 11.1 Å². The summed E-state index contributed by atoms with van der Waals surface area (Å²) in [6.45, 7) is 3.91. The molecule has 2 unspecified atom stereocenters. The highest BCUT2D eigenvalue weighted by Crippen LogP contribution is 2.24. The van der Waals surface area contributed by atoms with Gasteiger partial charge in [-0.1, -0.05) is 24.3 Å². The van der Waals surface area contributed by atoms with E-state index in [0.717, 1.165) is 24.8 Å². The molecule has 6 nitrogen and oxygen atoms in total. The molecule has 1 aliphatic rings. The molecular formula is C17H27N3O3S. The number of carbonyl (C=O) groups is 1. The Morgan fingerprint density at radius 2 is 1.92 bits per heavy atom. The van der Waals surface area contributed by atoms with Crippen molar-refractivity contribution in [3.8, 4) is 0 Å². The Morgan fingerprint density at radius 3 is 2.50 bits per heavy atom. The highest BCUT2D eigenvalue weighted by molar-refractivity contribution is 7.88. The number of hydrogen-bond donors (Lipinski definition) is 3. The lowest BCUT2D eigenvalue weighted by Gasteiger charge is -2.15. The van der Waals surface area contributed by atoms with E-state index in [1.807, 2.05) is 18.2 Å². The summed E-state index contributed by atoms with van der Waals surface area (Å²) < 4.78 is 26.8. The van der Waals surface area contributed by atoms with Crippen LogP contribution in [-0.2, 0) is 27.1 Å². The number of benzene rings is 1. The van der Waals surface area contributed by atoms with E-state index >= 15 is 0 Å². The first kappa shape index (κ1) is 18.9. The maximum absolute atomic E-state index is 12.2. The van der Waals surface area contributed by atoms with Crippen LogP contribution in [0.3, 0.4) is 0 Å². The second-order valence-corrected chi connectivity index (χ2v) is 8.54. The van der Waals surface area contributed by atoms with Crippen LogP contribution in [0, 0.1) is 5.92 Å². The van der Waals surface area contributed by atoms with Crippen molar-refractivity contribution in [3.05, 3.63) is 35.4 Å². The van der Waals surface area contributed by atoms with Crippen LogP contribution in [0.4, 0.5) is 0 Å². The molecule has 1 saturated carbocycles. The van der Waals surface area contributed by atoms with Crippen LogP contribution in [0.5, 0.6) is 0 Å². The molecule has 1 aromatic carbocycles. The molecule has 1 aromatic rings. The zero-order chi connectivity index (χ0) is 17.7. The third-order valence-corrected chi connectivity index (χ3v) is 5.70. The minimum absolute atomic E-state index is 0.000848. The molecule has 0 radical (unpaired) electrons. The second kappa shape index (κ2) is 8.09. The molecule has 1 aliphatic carbocycles. The number of sulfonamides is 1. The van der Waals surface area contributed by atoms with Crippen LogP contribution >= 0.6 is 0 Å². The summed E-state index contributed by atoms with van der Waals surface area (Å²) in [6.07, 6.45) is 2.43. The van der Waals surface area contributed by atoms with E-state index in [1.54, 1.807) is 19.9 Å². The molecule has 2 rings (SSSR count). The topological polar surface area (TPSA) is 101 Å². The first-order valence-corrected chi connectivity index (χ1v) is 10.0. The van der Waals surface area contributed by atoms with Gasteiger partial charge in [0.2, 0.25) is 15.9 Å². The van der Waals surface area contributed by atoms with Gasteiger partial charge in [-0.15, -0.1) is 0 Å². The summed E-state index contributed by atoms with van der Waals surface area (Å²) in [5, 5.41) is 2.92. The molecule has 1 amide bonds. The summed E-state index contributed by atoms with van der Waals surface area (Å²) in [5.41, 5.74) is 7.37. The Labute approximate surface area is 144 Å². The van der Waals surface area contributed by atoms with Gasteiger partial charge in [-0.05, 0) is 44.2 Å². The zero-order valence-corrected chi connectivity index (χ0v) is 15.1. The van der Waals surface area contributed by atoms with Gasteiger partial charge >= 0.3 is 0 Å². The Bertz CT molecular complexity index is 673. The van der Waals surface area contributed by atoms with E-state index in [1.165, 1.54) is 0 Å². The van der Waals surface area contributed by atoms with Crippen molar-refractivity contribution in [1.82, 2.24) is 10.0 Å². The summed E-state index contributed by atoms with van der Waals surface area (Å²) in [4.78, 5) is 12.2. The number of amides is 1. The molecule has 0 aromatic heterocycles. The lowest BCUT2D eigenvalue weighted by molar-refractivity contribution is -0.125. The maximum atomic E-state index is 12.2. The first-order chi connectivity index (χ1) is 11.3. The van der Waals surface area contributed by atoms with E-state index in [-0.39, 0.29) is 29.7 Å². The molecule has 0 aliphatic heterocycles. The molecule has 134 valence electrons. The molecule has 0 heterocycles. The summed E-state index contributed by atoms with van der Waals surface area (Å²) in [6, 6.07) is 7.25. The zero-order valence-electron chi connectivity index (χ0n) is 14.3. The van der Waals surface area contributed by atoms with Gasteiger partial charge in [0.05, 0.1) is 5.75 Å². The van der Waals surface area contributed by atoms with Gasteiger partial charge in [0, 0.05) is 24.5 Å². The van der Waals surface area contributed by atoms with E-state index in [2.05, 4.69) is 10.0 Å². The van der Waals surface area contributed by atoms with Crippen molar-refractivity contribution in [1.29, 1.82) is 0 Å². The van der Waals surface area contributed by atoms with E-state index in [0.29, 0.717) is 12.1 Å². The SMILES string of the molecule is CC(C)NS(=O)(=O)Cc1ccccc1CNC(=O)C1CCC(N)C1. The monoisotopic (exact) mass is 353 g/mol. The predicted octanol–water partition coefficient (Wildman–Crippen LogP) is 1.26. The normalized spacial score (nSPS) is 21.2. The van der Waals surface area contributed by atoms with Gasteiger partial charge in [-0.2, -0.15) is 0 Å². The molecule has 0 spiro atoms.